The Labute approximate surface area is 107 Å². The van der Waals surface area contributed by atoms with E-state index in [1.54, 1.807) is 24.3 Å². The standard InChI is InChI=1S/C11H10N4O4/c12-11-13-5-9(15(17)18)10(14-11)19-8-3-1-7(6-16)2-4-8/h1-5,16H,6H2,(H2,12,13,14). The molecule has 3 N–H and O–H groups in total. The maximum atomic E-state index is 10.8. The number of nitro groups is 1. The topological polar surface area (TPSA) is 124 Å². The van der Waals surface area contributed by atoms with Gasteiger partial charge in [0.25, 0.3) is 0 Å². The SMILES string of the molecule is Nc1ncc([N+](=O)[O-])c(Oc2ccc(CO)cc2)n1. The van der Waals surface area contributed by atoms with Crippen LogP contribution in [0.3, 0.4) is 0 Å². The van der Waals surface area contributed by atoms with E-state index in [1.807, 2.05) is 0 Å². The number of benzene rings is 1. The highest BCUT2D eigenvalue weighted by Crippen LogP contribution is 2.28. The molecule has 0 radical (unpaired) electrons. The summed E-state index contributed by atoms with van der Waals surface area (Å²) in [5.74, 6) is 0.000210. The van der Waals surface area contributed by atoms with Crippen molar-refractivity contribution in [1.82, 2.24) is 9.97 Å². The smallest absolute Gasteiger partial charge is 0.349 e. The molecule has 0 atom stereocenters. The first kappa shape index (κ1) is 12.7. The molecule has 0 saturated heterocycles. The molecule has 8 heteroatoms. The third-order valence-electron chi connectivity index (χ3n) is 2.27. The van der Waals surface area contributed by atoms with Gasteiger partial charge in [-0.25, -0.2) is 4.98 Å². The summed E-state index contributed by atoms with van der Waals surface area (Å²) in [7, 11) is 0. The highest BCUT2D eigenvalue weighted by molar-refractivity contribution is 5.44. The van der Waals surface area contributed by atoms with Gasteiger partial charge in [-0.3, -0.25) is 10.1 Å². The number of rotatable bonds is 4. The molecule has 8 nitrogen and oxygen atoms in total. The van der Waals surface area contributed by atoms with Gasteiger partial charge in [-0.2, -0.15) is 4.98 Å². The van der Waals surface area contributed by atoms with Gasteiger partial charge in [-0.05, 0) is 17.7 Å². The van der Waals surface area contributed by atoms with Gasteiger partial charge in [0, 0.05) is 0 Å². The lowest BCUT2D eigenvalue weighted by Gasteiger charge is -2.05. The third kappa shape index (κ3) is 2.93. The first-order valence-corrected chi connectivity index (χ1v) is 5.24. The van der Waals surface area contributed by atoms with Crippen molar-refractivity contribution < 1.29 is 14.8 Å². The van der Waals surface area contributed by atoms with E-state index < -0.39 is 4.92 Å². The van der Waals surface area contributed by atoms with Crippen molar-refractivity contribution in [3.05, 3.63) is 46.1 Å². The van der Waals surface area contributed by atoms with Crippen molar-refractivity contribution >= 4 is 11.6 Å². The van der Waals surface area contributed by atoms with E-state index in [4.69, 9.17) is 15.6 Å². The van der Waals surface area contributed by atoms with Crippen molar-refractivity contribution in [3.63, 3.8) is 0 Å². The molecule has 0 aliphatic carbocycles. The molecule has 1 aromatic heterocycles. The summed E-state index contributed by atoms with van der Waals surface area (Å²) in [6, 6.07) is 6.39. The van der Waals surface area contributed by atoms with Crippen LogP contribution >= 0.6 is 0 Å². The Kier molecular flexibility index (Phi) is 3.53. The zero-order chi connectivity index (χ0) is 13.8. The van der Waals surface area contributed by atoms with E-state index in [-0.39, 0.29) is 24.1 Å². The fourth-order valence-electron chi connectivity index (χ4n) is 1.35. The number of nitrogens with zero attached hydrogens (tertiary/aromatic N) is 3. The van der Waals surface area contributed by atoms with Crippen LogP contribution in [-0.2, 0) is 6.61 Å². The van der Waals surface area contributed by atoms with Gasteiger partial charge in [0.2, 0.25) is 5.95 Å². The second-order valence-corrected chi connectivity index (χ2v) is 3.58. The summed E-state index contributed by atoms with van der Waals surface area (Å²) in [6.45, 7) is -0.0963. The Morgan fingerprint density at radius 3 is 2.63 bits per heavy atom. The molecule has 0 bridgehead atoms. The van der Waals surface area contributed by atoms with E-state index in [2.05, 4.69) is 9.97 Å². The quantitative estimate of drug-likeness (QED) is 0.627. The number of aliphatic hydroxyl groups excluding tert-OH is 1. The normalized spacial score (nSPS) is 10.2. The van der Waals surface area contributed by atoms with Crippen LogP contribution in [0.2, 0.25) is 0 Å². The van der Waals surface area contributed by atoms with Crippen LogP contribution in [0.25, 0.3) is 0 Å². The molecule has 0 aliphatic rings. The van der Waals surface area contributed by atoms with Gasteiger partial charge >= 0.3 is 11.6 Å². The second kappa shape index (κ2) is 5.27. The van der Waals surface area contributed by atoms with Crippen LogP contribution in [0.15, 0.2) is 30.5 Å². The second-order valence-electron chi connectivity index (χ2n) is 3.58. The van der Waals surface area contributed by atoms with Crippen LogP contribution in [0.1, 0.15) is 5.56 Å². The Morgan fingerprint density at radius 1 is 1.37 bits per heavy atom. The number of nitrogens with two attached hydrogens (primary N) is 1. The molecule has 1 heterocycles. The van der Waals surface area contributed by atoms with Gasteiger partial charge in [0.05, 0.1) is 11.5 Å². The first-order valence-electron chi connectivity index (χ1n) is 5.24. The number of ether oxygens (including phenoxy) is 1. The highest BCUT2D eigenvalue weighted by atomic mass is 16.6. The third-order valence-corrected chi connectivity index (χ3v) is 2.27. The minimum absolute atomic E-state index is 0.0963. The Hall–Kier alpha value is -2.74. The van der Waals surface area contributed by atoms with Gasteiger partial charge in [0.15, 0.2) is 0 Å². The largest absolute Gasteiger partial charge is 0.434 e. The van der Waals surface area contributed by atoms with E-state index in [9.17, 15) is 10.1 Å². The molecular weight excluding hydrogens is 252 g/mol. The van der Waals surface area contributed by atoms with Crippen molar-refractivity contribution in [3.8, 4) is 11.6 Å². The van der Waals surface area contributed by atoms with E-state index in [1.165, 1.54) is 0 Å². The molecule has 0 aliphatic heterocycles. The molecule has 2 aromatic rings. The average Bonchev–Trinajstić information content (AvgIpc) is 2.39. The fraction of sp³-hybridized carbons (Fsp3) is 0.0909. The number of hydrogen-bond donors (Lipinski definition) is 2. The summed E-state index contributed by atoms with van der Waals surface area (Å²) in [6.07, 6.45) is 0.986. The lowest BCUT2D eigenvalue weighted by molar-refractivity contribution is -0.386. The molecule has 2 rings (SSSR count). The van der Waals surface area contributed by atoms with Gasteiger partial charge in [-0.1, -0.05) is 12.1 Å². The molecule has 1 aromatic carbocycles. The molecule has 19 heavy (non-hydrogen) atoms. The van der Waals surface area contributed by atoms with Crippen molar-refractivity contribution in [1.29, 1.82) is 0 Å². The Morgan fingerprint density at radius 2 is 2.05 bits per heavy atom. The van der Waals surface area contributed by atoms with Gasteiger partial charge < -0.3 is 15.6 Å². The zero-order valence-electron chi connectivity index (χ0n) is 9.68. The van der Waals surface area contributed by atoms with E-state index >= 15 is 0 Å². The molecule has 0 saturated carbocycles. The highest BCUT2D eigenvalue weighted by Gasteiger charge is 2.18. The van der Waals surface area contributed by atoms with Gasteiger partial charge in [0.1, 0.15) is 11.9 Å². The summed E-state index contributed by atoms with van der Waals surface area (Å²) in [5, 5.41) is 19.7. The minimum atomic E-state index is -0.656. The maximum absolute atomic E-state index is 10.8. The van der Waals surface area contributed by atoms with Crippen LogP contribution in [0, 0.1) is 10.1 Å². The monoisotopic (exact) mass is 262 g/mol. The Bertz CT molecular complexity index is 600. The lowest BCUT2D eigenvalue weighted by Crippen LogP contribution is -2.01. The Balaban J connectivity index is 2.31. The molecule has 0 spiro atoms. The van der Waals surface area contributed by atoms with Crippen LogP contribution < -0.4 is 10.5 Å². The summed E-state index contributed by atoms with van der Waals surface area (Å²) in [4.78, 5) is 17.4. The van der Waals surface area contributed by atoms with Crippen molar-refractivity contribution in [2.75, 3.05) is 5.73 Å². The van der Waals surface area contributed by atoms with Crippen molar-refractivity contribution in [2.45, 2.75) is 6.61 Å². The first-order chi connectivity index (χ1) is 9.10. The van der Waals surface area contributed by atoms with Crippen LogP contribution in [-0.4, -0.2) is 20.0 Å². The number of aromatic nitrogens is 2. The zero-order valence-corrected chi connectivity index (χ0v) is 9.68. The number of nitrogen functional groups attached to an aromatic ring is 1. The molecular formula is C11H10N4O4. The van der Waals surface area contributed by atoms with Crippen molar-refractivity contribution in [2.24, 2.45) is 0 Å². The van der Waals surface area contributed by atoms with Crippen LogP contribution in [0.4, 0.5) is 11.6 Å². The molecule has 98 valence electrons. The van der Waals surface area contributed by atoms with Gasteiger partial charge in [-0.15, -0.1) is 0 Å². The molecule has 0 fully saturated rings. The predicted molar refractivity (Wildman–Crippen MR) is 65.5 cm³/mol. The average molecular weight is 262 g/mol. The lowest BCUT2D eigenvalue weighted by atomic mass is 10.2. The summed E-state index contributed by atoms with van der Waals surface area (Å²) in [5.41, 5.74) is 5.69. The fourth-order valence-corrected chi connectivity index (χ4v) is 1.35. The predicted octanol–water partition coefficient (Wildman–Crippen LogP) is 1.25. The number of anilines is 1. The number of hydrogen-bond acceptors (Lipinski definition) is 7. The maximum Gasteiger partial charge on any atom is 0.349 e. The minimum Gasteiger partial charge on any atom is -0.434 e. The van der Waals surface area contributed by atoms with E-state index in [0.29, 0.717) is 11.3 Å². The summed E-state index contributed by atoms with van der Waals surface area (Å²) < 4.78 is 5.30. The summed E-state index contributed by atoms with van der Waals surface area (Å²) >= 11 is 0. The van der Waals surface area contributed by atoms with E-state index in [0.717, 1.165) is 6.20 Å². The van der Waals surface area contributed by atoms with Crippen LogP contribution in [0.5, 0.6) is 11.6 Å². The number of aliphatic hydroxyl groups is 1. The molecule has 0 amide bonds. The molecule has 0 unspecified atom stereocenters.